The molecule has 0 saturated carbocycles. The summed E-state index contributed by atoms with van der Waals surface area (Å²) in [6.45, 7) is 3.59. The van der Waals surface area contributed by atoms with Gasteiger partial charge in [0, 0.05) is 17.7 Å². The van der Waals surface area contributed by atoms with Gasteiger partial charge in [-0.05, 0) is 26.0 Å². The molecule has 28 heavy (non-hydrogen) atoms. The number of carbonyl (C=O) groups is 2. The number of furan rings is 1. The lowest BCUT2D eigenvalue weighted by Gasteiger charge is -1.99. The van der Waals surface area contributed by atoms with Crippen molar-refractivity contribution in [2.75, 3.05) is 11.9 Å². The van der Waals surface area contributed by atoms with Crippen molar-refractivity contribution in [2.24, 2.45) is 0 Å². The second-order valence-corrected chi connectivity index (χ2v) is 6.58. The molecule has 1 amide bonds. The van der Waals surface area contributed by atoms with Crippen molar-refractivity contribution in [3.63, 3.8) is 0 Å². The van der Waals surface area contributed by atoms with Crippen LogP contribution in [0.3, 0.4) is 0 Å². The molecule has 0 aliphatic heterocycles. The molecule has 3 aromatic rings. The summed E-state index contributed by atoms with van der Waals surface area (Å²) in [7, 11) is 0. The maximum Gasteiger partial charge on any atom is 0.350 e. The zero-order chi connectivity index (χ0) is 20.3. The average Bonchev–Trinajstić information content (AvgIpc) is 3.29. The smallest absolute Gasteiger partial charge is 0.350 e. The van der Waals surface area contributed by atoms with Crippen LogP contribution in [-0.4, -0.2) is 28.4 Å². The molecule has 144 valence electrons. The van der Waals surface area contributed by atoms with E-state index in [9.17, 15) is 19.7 Å². The topological polar surface area (TPSA) is 125 Å². The number of nitro benzene ring substituents is 1. The number of aromatic nitrogens is 1. The molecule has 0 aliphatic carbocycles. The Morgan fingerprint density at radius 3 is 2.82 bits per heavy atom. The van der Waals surface area contributed by atoms with Crippen LogP contribution in [0.2, 0.25) is 0 Å². The highest BCUT2D eigenvalue weighted by molar-refractivity contribution is 7.17. The van der Waals surface area contributed by atoms with Gasteiger partial charge in [-0.1, -0.05) is 23.5 Å². The summed E-state index contributed by atoms with van der Waals surface area (Å²) in [4.78, 5) is 39.1. The summed E-state index contributed by atoms with van der Waals surface area (Å²) in [5.74, 6) is -0.728. The van der Waals surface area contributed by atoms with Gasteiger partial charge in [0.1, 0.15) is 10.6 Å². The number of nitrogens with zero attached hydrogens (tertiary/aromatic N) is 2. The third-order valence-electron chi connectivity index (χ3n) is 3.65. The van der Waals surface area contributed by atoms with Crippen molar-refractivity contribution in [3.05, 3.63) is 62.8 Å². The maximum atomic E-state index is 12.4. The first kappa shape index (κ1) is 19.2. The van der Waals surface area contributed by atoms with Crippen LogP contribution in [0.5, 0.6) is 0 Å². The van der Waals surface area contributed by atoms with Crippen LogP contribution >= 0.6 is 11.3 Å². The molecule has 0 radical (unpaired) electrons. The quantitative estimate of drug-likeness (QED) is 0.375. The fourth-order valence-corrected chi connectivity index (χ4v) is 3.24. The highest BCUT2D eigenvalue weighted by Gasteiger charge is 2.20. The molecule has 0 spiro atoms. The van der Waals surface area contributed by atoms with Crippen molar-refractivity contribution in [1.29, 1.82) is 0 Å². The van der Waals surface area contributed by atoms with Gasteiger partial charge in [-0.2, -0.15) is 0 Å². The predicted octanol–water partition coefficient (Wildman–Crippen LogP) is 4.05. The van der Waals surface area contributed by atoms with Gasteiger partial charge in [0.2, 0.25) is 0 Å². The van der Waals surface area contributed by atoms with E-state index >= 15 is 0 Å². The molecular weight excluding hydrogens is 386 g/mol. The normalized spacial score (nSPS) is 10.5. The van der Waals surface area contributed by atoms with E-state index in [1.807, 2.05) is 0 Å². The molecule has 1 aromatic carbocycles. The molecule has 0 saturated heterocycles. The Balaban J connectivity index is 1.76. The van der Waals surface area contributed by atoms with Gasteiger partial charge in [0.25, 0.3) is 11.6 Å². The van der Waals surface area contributed by atoms with E-state index in [4.69, 9.17) is 9.15 Å². The van der Waals surface area contributed by atoms with E-state index in [0.29, 0.717) is 21.9 Å². The van der Waals surface area contributed by atoms with Crippen molar-refractivity contribution in [3.8, 4) is 11.3 Å². The summed E-state index contributed by atoms with van der Waals surface area (Å²) < 4.78 is 10.5. The SMILES string of the molecule is CCOC(=O)c1sc(NC(=O)c2ccc(-c3cccc([N+](=O)[O-])c3)o2)nc1C. The minimum Gasteiger partial charge on any atom is -0.462 e. The molecular formula is C18H15N3O6S. The Kier molecular flexibility index (Phi) is 5.50. The Labute approximate surface area is 163 Å². The maximum absolute atomic E-state index is 12.4. The number of esters is 1. The first-order valence-corrected chi connectivity index (χ1v) is 9.01. The molecule has 2 heterocycles. The number of benzene rings is 1. The Hall–Kier alpha value is -3.53. The van der Waals surface area contributed by atoms with E-state index in [2.05, 4.69) is 10.3 Å². The predicted molar refractivity (Wildman–Crippen MR) is 102 cm³/mol. The average molecular weight is 401 g/mol. The van der Waals surface area contributed by atoms with Crippen LogP contribution in [0.15, 0.2) is 40.8 Å². The van der Waals surface area contributed by atoms with Crippen LogP contribution in [0.4, 0.5) is 10.8 Å². The number of anilines is 1. The highest BCUT2D eigenvalue weighted by atomic mass is 32.1. The number of non-ortho nitro benzene ring substituents is 1. The molecule has 0 aliphatic rings. The third kappa shape index (κ3) is 4.07. The van der Waals surface area contributed by atoms with Crippen LogP contribution in [0.1, 0.15) is 32.8 Å². The van der Waals surface area contributed by atoms with Crippen LogP contribution in [0, 0.1) is 17.0 Å². The largest absolute Gasteiger partial charge is 0.462 e. The second-order valence-electron chi connectivity index (χ2n) is 5.58. The number of thiazole rings is 1. The lowest BCUT2D eigenvalue weighted by atomic mass is 10.1. The Bertz CT molecular complexity index is 1060. The van der Waals surface area contributed by atoms with Crippen LogP contribution < -0.4 is 5.32 Å². The van der Waals surface area contributed by atoms with Crippen LogP contribution in [-0.2, 0) is 4.74 Å². The lowest BCUT2D eigenvalue weighted by molar-refractivity contribution is -0.384. The summed E-state index contributed by atoms with van der Waals surface area (Å²) in [5, 5.41) is 13.7. The lowest BCUT2D eigenvalue weighted by Crippen LogP contribution is -2.10. The van der Waals surface area contributed by atoms with E-state index < -0.39 is 16.8 Å². The molecule has 10 heteroatoms. The van der Waals surface area contributed by atoms with Crippen molar-refractivity contribution < 1.29 is 23.7 Å². The minimum absolute atomic E-state index is 0.00652. The summed E-state index contributed by atoms with van der Waals surface area (Å²) in [6, 6.07) is 8.90. The summed E-state index contributed by atoms with van der Waals surface area (Å²) in [5.41, 5.74) is 0.850. The van der Waals surface area contributed by atoms with Gasteiger partial charge in [-0.3, -0.25) is 20.2 Å². The Morgan fingerprint density at radius 1 is 1.32 bits per heavy atom. The molecule has 3 rings (SSSR count). The fraction of sp³-hybridized carbons (Fsp3) is 0.167. The number of hydrogen-bond acceptors (Lipinski definition) is 8. The Morgan fingerprint density at radius 2 is 2.11 bits per heavy atom. The number of hydrogen-bond donors (Lipinski definition) is 1. The number of aryl methyl sites for hydroxylation is 1. The van der Waals surface area contributed by atoms with Gasteiger partial charge in [0.15, 0.2) is 10.9 Å². The van der Waals surface area contributed by atoms with Crippen LogP contribution in [0.25, 0.3) is 11.3 Å². The van der Waals surface area contributed by atoms with Crippen molar-refractivity contribution in [1.82, 2.24) is 4.98 Å². The molecule has 9 nitrogen and oxygen atoms in total. The first-order valence-electron chi connectivity index (χ1n) is 8.19. The van der Waals surface area contributed by atoms with E-state index in [1.54, 1.807) is 26.0 Å². The van der Waals surface area contributed by atoms with Gasteiger partial charge in [-0.15, -0.1) is 0 Å². The van der Waals surface area contributed by atoms with Crippen molar-refractivity contribution >= 4 is 34.0 Å². The molecule has 0 bridgehead atoms. The first-order chi connectivity index (χ1) is 13.4. The molecule has 1 N–H and O–H groups in total. The summed E-state index contributed by atoms with van der Waals surface area (Å²) >= 11 is 1.00. The van der Waals surface area contributed by atoms with Gasteiger partial charge in [0.05, 0.1) is 17.2 Å². The van der Waals surface area contributed by atoms with Gasteiger partial charge >= 0.3 is 5.97 Å². The highest BCUT2D eigenvalue weighted by Crippen LogP contribution is 2.27. The number of amides is 1. The van der Waals surface area contributed by atoms with Gasteiger partial charge in [-0.25, -0.2) is 9.78 Å². The van der Waals surface area contributed by atoms with Crippen molar-refractivity contribution in [2.45, 2.75) is 13.8 Å². The standard InChI is InChI=1S/C18H15N3O6S/c1-3-26-17(23)15-10(2)19-18(28-15)20-16(22)14-8-7-13(27-14)11-5-4-6-12(9-11)21(24)25/h4-9H,3H2,1-2H3,(H,19,20,22). The molecule has 2 aromatic heterocycles. The van der Waals surface area contributed by atoms with Gasteiger partial charge < -0.3 is 9.15 Å². The monoisotopic (exact) mass is 401 g/mol. The zero-order valence-electron chi connectivity index (χ0n) is 14.9. The summed E-state index contributed by atoms with van der Waals surface area (Å²) in [6.07, 6.45) is 0. The molecule has 0 fully saturated rings. The number of rotatable bonds is 6. The molecule has 0 unspecified atom stereocenters. The number of carbonyl (C=O) groups excluding carboxylic acids is 2. The number of nitro groups is 1. The third-order valence-corrected chi connectivity index (χ3v) is 4.70. The zero-order valence-corrected chi connectivity index (χ0v) is 15.7. The fourth-order valence-electron chi connectivity index (χ4n) is 2.38. The number of ether oxygens (including phenoxy) is 1. The van der Waals surface area contributed by atoms with E-state index in [-0.39, 0.29) is 23.2 Å². The minimum atomic E-state index is -0.555. The molecule has 0 atom stereocenters. The van der Waals surface area contributed by atoms with E-state index in [0.717, 1.165) is 11.3 Å². The number of nitrogens with one attached hydrogen (secondary N) is 1. The second kappa shape index (κ2) is 8.01. The van der Waals surface area contributed by atoms with E-state index in [1.165, 1.54) is 24.3 Å².